The Morgan fingerprint density at radius 2 is 2.00 bits per heavy atom. The minimum Gasteiger partial charge on any atom is -0.504 e. The molecule has 0 aliphatic heterocycles. The van der Waals surface area contributed by atoms with Crippen LogP contribution in [0.2, 0.25) is 0 Å². The second kappa shape index (κ2) is 4.45. The third-order valence-electron chi connectivity index (χ3n) is 1.76. The molecule has 5 nitrogen and oxygen atoms in total. The number of rotatable bonds is 3. The van der Waals surface area contributed by atoms with Crippen LogP contribution in [0.15, 0.2) is 18.2 Å². The monoisotopic (exact) mass is 209 g/mol. The number of phenols is 2. The summed E-state index contributed by atoms with van der Waals surface area (Å²) in [5, 5.41) is 20.8. The Morgan fingerprint density at radius 1 is 1.33 bits per heavy atom. The smallest absolute Gasteiger partial charge is 0.255 e. The van der Waals surface area contributed by atoms with Crippen LogP contribution >= 0.6 is 0 Å². The molecule has 0 aliphatic rings. The highest BCUT2D eigenvalue weighted by atomic mass is 16.3. The van der Waals surface area contributed by atoms with Crippen molar-refractivity contribution in [2.24, 2.45) is 0 Å². The molecule has 0 heterocycles. The number of hydrogen-bond acceptors (Lipinski definition) is 4. The predicted molar refractivity (Wildman–Crippen MR) is 52.8 cm³/mol. The zero-order chi connectivity index (χ0) is 11.4. The van der Waals surface area contributed by atoms with Gasteiger partial charge in [0, 0.05) is 0 Å². The highest BCUT2D eigenvalue weighted by Gasteiger charge is 2.13. The fourth-order valence-corrected chi connectivity index (χ4v) is 1.01. The maximum Gasteiger partial charge on any atom is 0.255 e. The van der Waals surface area contributed by atoms with Crippen molar-refractivity contribution in [2.75, 3.05) is 6.54 Å². The van der Waals surface area contributed by atoms with Gasteiger partial charge in [-0.25, -0.2) is 0 Å². The Bertz CT molecular complexity index is 400. The SMILES string of the molecule is CC(=O)CNC(=O)c1cccc(O)c1O. The lowest BCUT2D eigenvalue weighted by atomic mass is 10.1. The largest absolute Gasteiger partial charge is 0.504 e. The Morgan fingerprint density at radius 3 is 2.60 bits per heavy atom. The number of phenolic OH excluding ortho intramolecular Hbond substituents is 2. The standard InChI is InChI=1S/C10H11NO4/c1-6(12)5-11-10(15)7-3-2-4-8(13)9(7)14/h2-4,13-14H,5H2,1H3,(H,11,15). The van der Waals surface area contributed by atoms with E-state index in [9.17, 15) is 14.7 Å². The number of benzene rings is 1. The Balaban J connectivity index is 2.82. The van der Waals surface area contributed by atoms with Crippen LogP contribution in [-0.4, -0.2) is 28.4 Å². The molecule has 80 valence electrons. The van der Waals surface area contributed by atoms with E-state index in [-0.39, 0.29) is 23.6 Å². The van der Waals surface area contributed by atoms with Crippen molar-refractivity contribution < 1.29 is 19.8 Å². The summed E-state index contributed by atoms with van der Waals surface area (Å²) >= 11 is 0. The van der Waals surface area contributed by atoms with Crippen molar-refractivity contribution in [3.8, 4) is 11.5 Å². The van der Waals surface area contributed by atoms with Crippen LogP contribution in [0.4, 0.5) is 0 Å². The molecule has 0 aliphatic carbocycles. The number of amides is 1. The van der Waals surface area contributed by atoms with Crippen molar-refractivity contribution in [1.29, 1.82) is 0 Å². The maximum atomic E-state index is 11.4. The molecule has 5 heteroatoms. The number of carbonyl (C=O) groups excluding carboxylic acids is 2. The number of para-hydroxylation sites is 1. The van der Waals surface area contributed by atoms with E-state index < -0.39 is 11.7 Å². The van der Waals surface area contributed by atoms with E-state index in [1.54, 1.807) is 0 Å². The van der Waals surface area contributed by atoms with E-state index in [4.69, 9.17) is 5.11 Å². The summed E-state index contributed by atoms with van der Waals surface area (Å²) in [6.45, 7) is 1.23. The lowest BCUT2D eigenvalue weighted by molar-refractivity contribution is -0.116. The predicted octanol–water partition coefficient (Wildman–Crippen LogP) is 0.417. The number of Topliss-reactive ketones (excluding diaryl/α,β-unsaturated/α-hetero) is 1. The summed E-state index contributed by atoms with van der Waals surface area (Å²) in [6, 6.07) is 4.04. The van der Waals surface area contributed by atoms with Crippen molar-refractivity contribution in [2.45, 2.75) is 6.92 Å². The van der Waals surface area contributed by atoms with Crippen LogP contribution in [-0.2, 0) is 4.79 Å². The van der Waals surface area contributed by atoms with E-state index in [2.05, 4.69) is 5.32 Å². The molecular weight excluding hydrogens is 198 g/mol. The molecule has 0 radical (unpaired) electrons. The second-order valence-corrected chi connectivity index (χ2v) is 3.06. The van der Waals surface area contributed by atoms with Gasteiger partial charge in [-0.1, -0.05) is 6.07 Å². The van der Waals surface area contributed by atoms with Gasteiger partial charge in [-0.05, 0) is 19.1 Å². The first kappa shape index (κ1) is 11.0. The average Bonchev–Trinajstić information content (AvgIpc) is 2.18. The summed E-state index contributed by atoms with van der Waals surface area (Å²) in [4.78, 5) is 22.0. The Labute approximate surface area is 86.4 Å². The van der Waals surface area contributed by atoms with Gasteiger partial charge >= 0.3 is 0 Å². The van der Waals surface area contributed by atoms with Crippen molar-refractivity contribution in [3.63, 3.8) is 0 Å². The third kappa shape index (κ3) is 2.70. The zero-order valence-corrected chi connectivity index (χ0v) is 8.15. The van der Waals surface area contributed by atoms with Gasteiger partial charge in [-0.3, -0.25) is 9.59 Å². The fraction of sp³-hybridized carbons (Fsp3) is 0.200. The van der Waals surface area contributed by atoms with Gasteiger partial charge < -0.3 is 15.5 Å². The summed E-state index contributed by atoms with van der Waals surface area (Å²) in [5.74, 6) is -1.65. The highest BCUT2D eigenvalue weighted by molar-refractivity contribution is 5.99. The van der Waals surface area contributed by atoms with E-state index in [1.807, 2.05) is 0 Å². The van der Waals surface area contributed by atoms with Gasteiger partial charge in [0.25, 0.3) is 5.91 Å². The molecule has 1 aromatic carbocycles. The van der Waals surface area contributed by atoms with Crippen LogP contribution in [0.5, 0.6) is 11.5 Å². The summed E-state index contributed by atoms with van der Waals surface area (Å²) in [5.41, 5.74) is -0.0590. The molecule has 15 heavy (non-hydrogen) atoms. The van der Waals surface area contributed by atoms with Crippen LogP contribution < -0.4 is 5.32 Å². The summed E-state index contributed by atoms with van der Waals surface area (Å²) < 4.78 is 0. The number of ketones is 1. The van der Waals surface area contributed by atoms with Gasteiger partial charge in [0.05, 0.1) is 12.1 Å². The topological polar surface area (TPSA) is 86.6 Å². The van der Waals surface area contributed by atoms with E-state index in [1.165, 1.54) is 25.1 Å². The van der Waals surface area contributed by atoms with Crippen molar-refractivity contribution in [3.05, 3.63) is 23.8 Å². The molecule has 0 bridgehead atoms. The van der Waals surface area contributed by atoms with Gasteiger partial charge in [0.2, 0.25) is 0 Å². The summed E-state index contributed by atoms with van der Waals surface area (Å²) in [6.07, 6.45) is 0. The first-order valence-electron chi connectivity index (χ1n) is 4.31. The first-order valence-corrected chi connectivity index (χ1v) is 4.31. The van der Waals surface area contributed by atoms with Crippen molar-refractivity contribution >= 4 is 11.7 Å². The molecule has 1 rings (SSSR count). The van der Waals surface area contributed by atoms with Gasteiger partial charge in [0.1, 0.15) is 5.78 Å². The average molecular weight is 209 g/mol. The quantitative estimate of drug-likeness (QED) is 0.629. The number of nitrogens with one attached hydrogen (secondary N) is 1. The lowest BCUT2D eigenvalue weighted by Crippen LogP contribution is -2.28. The van der Waals surface area contributed by atoms with Crippen molar-refractivity contribution in [1.82, 2.24) is 5.32 Å². The third-order valence-corrected chi connectivity index (χ3v) is 1.76. The molecule has 0 saturated carbocycles. The van der Waals surface area contributed by atoms with Gasteiger partial charge in [0.15, 0.2) is 11.5 Å². The molecule has 0 saturated heterocycles. The number of hydrogen-bond donors (Lipinski definition) is 3. The molecule has 0 atom stereocenters. The molecule has 1 amide bonds. The minimum atomic E-state index is -0.599. The molecule has 0 spiro atoms. The molecule has 0 aromatic heterocycles. The molecule has 3 N–H and O–H groups in total. The zero-order valence-electron chi connectivity index (χ0n) is 8.15. The fourth-order valence-electron chi connectivity index (χ4n) is 1.01. The van der Waals surface area contributed by atoms with Gasteiger partial charge in [-0.15, -0.1) is 0 Å². The Kier molecular flexibility index (Phi) is 3.28. The van der Waals surface area contributed by atoms with Crippen LogP contribution in [0, 0.1) is 0 Å². The van der Waals surface area contributed by atoms with E-state index in [0.29, 0.717) is 0 Å². The molecule has 1 aromatic rings. The Hall–Kier alpha value is -2.04. The first-order chi connectivity index (χ1) is 7.02. The normalized spacial score (nSPS) is 9.67. The van der Waals surface area contributed by atoms with Crippen LogP contribution in [0.25, 0.3) is 0 Å². The van der Waals surface area contributed by atoms with Gasteiger partial charge in [-0.2, -0.15) is 0 Å². The minimum absolute atomic E-state index is 0.0590. The molecule has 0 fully saturated rings. The maximum absolute atomic E-state index is 11.4. The number of carbonyl (C=O) groups is 2. The summed E-state index contributed by atoms with van der Waals surface area (Å²) in [7, 11) is 0. The highest BCUT2D eigenvalue weighted by Crippen LogP contribution is 2.27. The van der Waals surface area contributed by atoms with Crippen LogP contribution in [0.3, 0.4) is 0 Å². The number of aromatic hydroxyl groups is 2. The molecule has 0 unspecified atom stereocenters. The van der Waals surface area contributed by atoms with E-state index >= 15 is 0 Å². The lowest BCUT2D eigenvalue weighted by Gasteiger charge is -2.05. The van der Waals surface area contributed by atoms with E-state index in [0.717, 1.165) is 0 Å². The molecular formula is C10H11NO4. The second-order valence-electron chi connectivity index (χ2n) is 3.06. The van der Waals surface area contributed by atoms with Crippen LogP contribution in [0.1, 0.15) is 17.3 Å².